The molecule has 1 heterocycles. The maximum Gasteiger partial charge on any atom is 0.133 e. The lowest BCUT2D eigenvalue weighted by Crippen LogP contribution is -2.27. The Bertz CT molecular complexity index is 493. The molecule has 1 aromatic heterocycles. The number of nitrogens with zero attached hydrogens (tertiary/aromatic N) is 3. The molecule has 0 spiro atoms. The van der Waals surface area contributed by atoms with Crippen molar-refractivity contribution in [3.8, 4) is 0 Å². The third-order valence-electron chi connectivity index (χ3n) is 2.53. The summed E-state index contributed by atoms with van der Waals surface area (Å²) in [4.78, 5) is 10.2. The Morgan fingerprint density at radius 2 is 1.94 bits per heavy atom. The number of anilines is 1. The number of aliphatic hydroxyl groups is 1. The molecule has 0 aliphatic heterocycles. The van der Waals surface area contributed by atoms with Crippen molar-refractivity contribution in [2.75, 3.05) is 18.1 Å². The highest BCUT2D eigenvalue weighted by atomic mass is 79.9. The molecule has 1 N–H and O–H groups in total. The van der Waals surface area contributed by atoms with Gasteiger partial charge < -0.3 is 10.0 Å². The molecule has 0 fully saturated rings. The van der Waals surface area contributed by atoms with Crippen LogP contribution in [-0.2, 0) is 6.54 Å². The number of halogens is 1. The molecule has 4 nitrogen and oxygen atoms in total. The van der Waals surface area contributed by atoms with Crippen LogP contribution in [0.3, 0.4) is 0 Å². The Labute approximate surface area is 114 Å². The van der Waals surface area contributed by atoms with Gasteiger partial charge >= 0.3 is 0 Å². The molecule has 0 saturated carbocycles. The summed E-state index contributed by atoms with van der Waals surface area (Å²) in [6.07, 6.45) is 1.51. The zero-order chi connectivity index (χ0) is 12.8. The Hall–Kier alpha value is -1.46. The molecule has 94 valence electrons. The van der Waals surface area contributed by atoms with Gasteiger partial charge in [0.2, 0.25) is 0 Å². The van der Waals surface area contributed by atoms with E-state index in [1.165, 1.54) is 11.9 Å². The molecule has 1 aromatic carbocycles. The minimum atomic E-state index is 0.0917. The Morgan fingerprint density at radius 3 is 2.61 bits per heavy atom. The normalized spacial score (nSPS) is 10.3. The minimum absolute atomic E-state index is 0.0917. The van der Waals surface area contributed by atoms with Crippen molar-refractivity contribution < 1.29 is 5.11 Å². The Kier molecular flexibility index (Phi) is 4.66. The van der Waals surface area contributed by atoms with Gasteiger partial charge in [-0.25, -0.2) is 9.97 Å². The van der Waals surface area contributed by atoms with Gasteiger partial charge in [0.1, 0.15) is 16.7 Å². The maximum absolute atomic E-state index is 9.15. The first kappa shape index (κ1) is 13.0. The van der Waals surface area contributed by atoms with Gasteiger partial charge in [-0.3, -0.25) is 0 Å². The molecule has 5 heteroatoms. The lowest BCUT2D eigenvalue weighted by molar-refractivity contribution is 0.301. The third-order valence-corrected chi connectivity index (χ3v) is 2.96. The van der Waals surface area contributed by atoms with Crippen LogP contribution in [-0.4, -0.2) is 28.2 Å². The van der Waals surface area contributed by atoms with Crippen molar-refractivity contribution in [3.63, 3.8) is 0 Å². The predicted molar refractivity (Wildman–Crippen MR) is 74.3 cm³/mol. The van der Waals surface area contributed by atoms with E-state index in [9.17, 15) is 0 Å². The van der Waals surface area contributed by atoms with E-state index in [0.29, 0.717) is 13.1 Å². The van der Waals surface area contributed by atoms with Crippen LogP contribution in [0.15, 0.2) is 47.3 Å². The van der Waals surface area contributed by atoms with Crippen molar-refractivity contribution in [2.45, 2.75) is 6.54 Å². The molecule has 0 radical (unpaired) electrons. The van der Waals surface area contributed by atoms with Crippen LogP contribution in [0.1, 0.15) is 5.56 Å². The first-order chi connectivity index (χ1) is 8.79. The highest BCUT2D eigenvalue weighted by molar-refractivity contribution is 9.10. The highest BCUT2D eigenvalue weighted by Gasteiger charge is 2.08. The van der Waals surface area contributed by atoms with Gasteiger partial charge in [-0.1, -0.05) is 30.3 Å². The van der Waals surface area contributed by atoms with Gasteiger partial charge in [0, 0.05) is 19.2 Å². The van der Waals surface area contributed by atoms with E-state index in [0.717, 1.165) is 10.4 Å². The van der Waals surface area contributed by atoms with Gasteiger partial charge in [0.15, 0.2) is 0 Å². The molecule has 0 amide bonds. The number of hydrogen-bond donors (Lipinski definition) is 1. The van der Waals surface area contributed by atoms with Crippen molar-refractivity contribution >= 4 is 21.7 Å². The zero-order valence-corrected chi connectivity index (χ0v) is 11.4. The van der Waals surface area contributed by atoms with Crippen molar-refractivity contribution in [1.82, 2.24) is 9.97 Å². The van der Waals surface area contributed by atoms with Crippen molar-refractivity contribution in [1.29, 1.82) is 0 Å². The second-order valence-electron chi connectivity index (χ2n) is 3.83. The maximum atomic E-state index is 9.15. The lowest BCUT2D eigenvalue weighted by atomic mass is 10.2. The largest absolute Gasteiger partial charge is 0.395 e. The predicted octanol–water partition coefficient (Wildman–Crippen LogP) is 2.24. The van der Waals surface area contributed by atoms with Crippen molar-refractivity contribution in [3.05, 3.63) is 52.9 Å². The van der Waals surface area contributed by atoms with Crippen LogP contribution >= 0.6 is 15.9 Å². The molecule has 0 atom stereocenters. The standard InChI is InChI=1S/C13H14BrN3O/c14-12-8-13(16-10-15-12)17(6-7-18)9-11-4-2-1-3-5-11/h1-5,8,10,18H,6-7,9H2. The van der Waals surface area contributed by atoms with Crippen LogP contribution in [0.4, 0.5) is 5.82 Å². The molecule has 2 rings (SSSR count). The topological polar surface area (TPSA) is 49.2 Å². The van der Waals surface area contributed by atoms with Crippen LogP contribution in [0.2, 0.25) is 0 Å². The first-order valence-corrected chi connectivity index (χ1v) is 6.46. The summed E-state index contributed by atoms with van der Waals surface area (Å²) in [7, 11) is 0. The Balaban J connectivity index is 2.18. The first-order valence-electron chi connectivity index (χ1n) is 5.67. The highest BCUT2D eigenvalue weighted by Crippen LogP contribution is 2.17. The number of rotatable bonds is 5. The molecule has 0 aliphatic carbocycles. The second-order valence-corrected chi connectivity index (χ2v) is 4.64. The summed E-state index contributed by atoms with van der Waals surface area (Å²) in [6.45, 7) is 1.34. The number of benzene rings is 1. The van der Waals surface area contributed by atoms with Gasteiger partial charge in [0.25, 0.3) is 0 Å². The molecular formula is C13H14BrN3O. The summed E-state index contributed by atoms with van der Waals surface area (Å²) in [5.41, 5.74) is 1.18. The third kappa shape index (κ3) is 3.51. The monoisotopic (exact) mass is 307 g/mol. The minimum Gasteiger partial charge on any atom is -0.395 e. The van der Waals surface area contributed by atoms with Crippen LogP contribution in [0.5, 0.6) is 0 Å². The van der Waals surface area contributed by atoms with E-state index in [1.54, 1.807) is 0 Å². The smallest absolute Gasteiger partial charge is 0.133 e. The fourth-order valence-electron chi connectivity index (χ4n) is 1.70. The average Bonchev–Trinajstić information content (AvgIpc) is 2.39. The summed E-state index contributed by atoms with van der Waals surface area (Å²) in [5.74, 6) is 0.801. The zero-order valence-electron chi connectivity index (χ0n) is 9.83. The number of aromatic nitrogens is 2. The van der Waals surface area contributed by atoms with Crippen molar-refractivity contribution in [2.24, 2.45) is 0 Å². The molecule has 18 heavy (non-hydrogen) atoms. The molecule has 0 unspecified atom stereocenters. The fraction of sp³-hybridized carbons (Fsp3) is 0.231. The van der Waals surface area contributed by atoms with Crippen LogP contribution < -0.4 is 4.90 Å². The summed E-state index contributed by atoms with van der Waals surface area (Å²) >= 11 is 3.33. The number of aliphatic hydroxyl groups excluding tert-OH is 1. The SMILES string of the molecule is OCCN(Cc1ccccc1)c1cc(Br)ncn1. The molecule has 0 bridgehead atoms. The number of hydrogen-bond acceptors (Lipinski definition) is 4. The fourth-order valence-corrected chi connectivity index (χ4v) is 1.99. The van der Waals surface area contributed by atoms with Gasteiger partial charge in [-0.2, -0.15) is 0 Å². The Morgan fingerprint density at radius 1 is 1.17 bits per heavy atom. The van der Waals surface area contributed by atoms with Gasteiger partial charge in [-0.05, 0) is 21.5 Å². The van der Waals surface area contributed by atoms with E-state index in [4.69, 9.17) is 5.11 Å². The van der Waals surface area contributed by atoms with E-state index < -0.39 is 0 Å². The summed E-state index contributed by atoms with van der Waals surface area (Å²) < 4.78 is 0.739. The summed E-state index contributed by atoms with van der Waals surface area (Å²) in [6, 6.07) is 12.0. The lowest BCUT2D eigenvalue weighted by Gasteiger charge is -2.22. The molecule has 2 aromatic rings. The van der Waals surface area contributed by atoms with E-state index >= 15 is 0 Å². The molecular weight excluding hydrogens is 294 g/mol. The van der Waals surface area contributed by atoms with Gasteiger partial charge in [-0.15, -0.1) is 0 Å². The second kappa shape index (κ2) is 6.47. The molecule has 0 aliphatic rings. The van der Waals surface area contributed by atoms with E-state index in [2.05, 4.69) is 38.0 Å². The van der Waals surface area contributed by atoms with Crippen LogP contribution in [0, 0.1) is 0 Å². The molecule has 0 saturated heterocycles. The van der Waals surface area contributed by atoms with E-state index in [-0.39, 0.29) is 6.61 Å². The summed E-state index contributed by atoms with van der Waals surface area (Å²) in [5, 5.41) is 9.15. The van der Waals surface area contributed by atoms with Gasteiger partial charge in [0.05, 0.1) is 6.61 Å². The van der Waals surface area contributed by atoms with Crippen LogP contribution in [0.25, 0.3) is 0 Å². The average molecular weight is 308 g/mol. The van der Waals surface area contributed by atoms with E-state index in [1.807, 2.05) is 29.2 Å². The quantitative estimate of drug-likeness (QED) is 0.861.